The van der Waals surface area contributed by atoms with Crippen LogP contribution in [0, 0.1) is 5.92 Å². The van der Waals surface area contributed by atoms with Gasteiger partial charge in [0.1, 0.15) is 5.76 Å². The number of ether oxygens (including phenoxy) is 3. The lowest BCUT2D eigenvalue weighted by molar-refractivity contribution is -0.125. The highest BCUT2D eigenvalue weighted by atomic mass is 16.5. The van der Waals surface area contributed by atoms with E-state index in [1.807, 2.05) is 6.07 Å². The second-order valence-electron chi connectivity index (χ2n) is 7.49. The summed E-state index contributed by atoms with van der Waals surface area (Å²) >= 11 is 0. The van der Waals surface area contributed by atoms with Gasteiger partial charge in [0.05, 0.1) is 21.3 Å². The third kappa shape index (κ3) is 2.05. The first-order valence-corrected chi connectivity index (χ1v) is 8.93. The Morgan fingerprint density at radius 3 is 2.62 bits per heavy atom. The number of likely N-dealkylation sites (N-methyl/N-ethyl adjacent to an activating group) is 1. The zero-order chi connectivity index (χ0) is 18.6. The van der Waals surface area contributed by atoms with E-state index in [-0.39, 0.29) is 23.5 Å². The fraction of sp³-hybridized carbons (Fsp3) is 0.550. The number of hydrogen-bond acceptors (Lipinski definition) is 6. The van der Waals surface area contributed by atoms with E-state index in [0.717, 1.165) is 30.5 Å². The normalized spacial score (nSPS) is 30.5. The van der Waals surface area contributed by atoms with E-state index >= 15 is 0 Å². The van der Waals surface area contributed by atoms with E-state index in [2.05, 4.69) is 11.9 Å². The molecule has 3 aliphatic rings. The van der Waals surface area contributed by atoms with Crippen LogP contribution in [0.4, 0.5) is 0 Å². The third-order valence-electron chi connectivity index (χ3n) is 6.49. The molecule has 0 radical (unpaired) electrons. The molecule has 0 aromatic heterocycles. The molecule has 1 saturated heterocycles. The molecule has 1 aliphatic heterocycles. The number of likely N-dealkylation sites (tertiary alicyclic amines) is 1. The molecule has 6 heteroatoms. The minimum absolute atomic E-state index is 0.0376. The Balaban J connectivity index is 2.02. The van der Waals surface area contributed by atoms with Gasteiger partial charge in [0.25, 0.3) is 0 Å². The van der Waals surface area contributed by atoms with Crippen molar-refractivity contribution in [3.8, 4) is 11.5 Å². The zero-order valence-electron chi connectivity index (χ0n) is 15.7. The maximum absolute atomic E-state index is 12.9. The van der Waals surface area contributed by atoms with Gasteiger partial charge in [0.15, 0.2) is 17.3 Å². The lowest BCUT2D eigenvalue weighted by Crippen LogP contribution is -2.61. The number of Topliss-reactive ketones (excluding diaryl/α,β-unsaturated/α-hetero) is 1. The van der Waals surface area contributed by atoms with Crippen LogP contribution >= 0.6 is 0 Å². The molecule has 1 heterocycles. The maximum atomic E-state index is 12.9. The van der Waals surface area contributed by atoms with Gasteiger partial charge in [-0.25, -0.2) is 0 Å². The number of hydrogen-bond donors (Lipinski definition) is 1. The number of aromatic hydroxyl groups is 1. The number of carbonyl (C=O) groups excluding carboxylic acids is 1. The topological polar surface area (TPSA) is 68.2 Å². The summed E-state index contributed by atoms with van der Waals surface area (Å²) in [6, 6.07) is 4.01. The molecule has 2 aliphatic carbocycles. The summed E-state index contributed by atoms with van der Waals surface area (Å²) in [5.41, 5.74) is 1.44. The number of fused-ring (bicyclic) bond motifs is 1. The quantitative estimate of drug-likeness (QED) is 0.890. The van der Waals surface area contributed by atoms with Crippen LogP contribution in [0.2, 0.25) is 0 Å². The van der Waals surface area contributed by atoms with Gasteiger partial charge >= 0.3 is 0 Å². The van der Waals surface area contributed by atoms with Gasteiger partial charge in [-0.05, 0) is 38.1 Å². The van der Waals surface area contributed by atoms with Crippen LogP contribution in [-0.2, 0) is 26.1 Å². The van der Waals surface area contributed by atoms with E-state index in [0.29, 0.717) is 23.7 Å². The Morgan fingerprint density at radius 2 is 1.96 bits per heavy atom. The molecule has 0 spiro atoms. The van der Waals surface area contributed by atoms with Crippen molar-refractivity contribution >= 4 is 5.78 Å². The molecule has 1 aromatic carbocycles. The number of carbonyl (C=O) groups is 1. The molecule has 1 aromatic rings. The van der Waals surface area contributed by atoms with Crippen LogP contribution in [0.1, 0.15) is 24.0 Å². The molecule has 140 valence electrons. The number of allylic oxidation sites excluding steroid dienone is 1. The van der Waals surface area contributed by atoms with Crippen molar-refractivity contribution in [2.45, 2.75) is 30.7 Å². The first-order chi connectivity index (χ1) is 12.5. The highest BCUT2D eigenvalue weighted by Gasteiger charge is 2.60. The summed E-state index contributed by atoms with van der Waals surface area (Å²) < 4.78 is 16.5. The van der Waals surface area contributed by atoms with Crippen molar-refractivity contribution in [3.05, 3.63) is 34.8 Å². The van der Waals surface area contributed by atoms with E-state index in [4.69, 9.17) is 14.2 Å². The standard InChI is InChI=1S/C20H25NO5/c1-21-8-7-20-10-13(22)18(25-3)19(26-4)16(20)12(21)9-11-5-6-14(24-2)17(23)15(11)20/h5-6,12,16,23H,7-10H2,1-4H3/t12-,16-,20+/m1/s1. The highest BCUT2D eigenvalue weighted by Crippen LogP contribution is 2.59. The summed E-state index contributed by atoms with van der Waals surface area (Å²) in [5.74, 6) is 1.42. The minimum Gasteiger partial charge on any atom is -0.504 e. The lowest BCUT2D eigenvalue weighted by atomic mass is 9.53. The number of phenols is 1. The van der Waals surface area contributed by atoms with Crippen molar-refractivity contribution in [1.82, 2.24) is 4.90 Å². The molecular formula is C20H25NO5. The monoisotopic (exact) mass is 359 g/mol. The van der Waals surface area contributed by atoms with Crippen molar-refractivity contribution in [2.24, 2.45) is 5.92 Å². The fourth-order valence-electron chi connectivity index (χ4n) is 5.40. The van der Waals surface area contributed by atoms with Crippen molar-refractivity contribution < 1.29 is 24.1 Å². The van der Waals surface area contributed by atoms with Crippen LogP contribution in [0.15, 0.2) is 23.7 Å². The molecule has 2 bridgehead atoms. The molecule has 3 atom stereocenters. The van der Waals surface area contributed by atoms with E-state index < -0.39 is 5.41 Å². The van der Waals surface area contributed by atoms with Gasteiger partial charge in [-0.3, -0.25) is 4.79 Å². The molecular weight excluding hydrogens is 334 g/mol. The number of rotatable bonds is 3. The van der Waals surface area contributed by atoms with E-state index in [1.165, 1.54) is 7.11 Å². The minimum atomic E-state index is -0.492. The second kappa shape index (κ2) is 5.91. The average Bonchev–Trinajstić information content (AvgIpc) is 2.63. The predicted molar refractivity (Wildman–Crippen MR) is 95.2 cm³/mol. The van der Waals surface area contributed by atoms with E-state index in [1.54, 1.807) is 20.3 Å². The fourth-order valence-corrected chi connectivity index (χ4v) is 5.40. The Morgan fingerprint density at radius 1 is 1.19 bits per heavy atom. The van der Waals surface area contributed by atoms with Gasteiger partial charge in [-0.1, -0.05) is 6.07 Å². The summed E-state index contributed by atoms with van der Waals surface area (Å²) in [7, 11) is 6.77. The van der Waals surface area contributed by atoms with Gasteiger partial charge in [-0.15, -0.1) is 0 Å². The van der Waals surface area contributed by atoms with Gasteiger partial charge < -0.3 is 24.2 Å². The summed E-state index contributed by atoms with van der Waals surface area (Å²) in [6.07, 6.45) is 1.87. The van der Waals surface area contributed by atoms with Gasteiger partial charge in [0, 0.05) is 29.4 Å². The number of piperidine rings is 1. The van der Waals surface area contributed by atoms with Gasteiger partial charge in [0.2, 0.25) is 5.78 Å². The number of benzene rings is 1. The molecule has 1 N–H and O–H groups in total. The molecule has 6 nitrogen and oxygen atoms in total. The first-order valence-electron chi connectivity index (χ1n) is 8.93. The Labute approximate surface area is 153 Å². The maximum Gasteiger partial charge on any atom is 0.201 e. The Hall–Kier alpha value is -2.21. The summed E-state index contributed by atoms with van der Waals surface area (Å²) in [5, 5.41) is 11.0. The number of methoxy groups -OCH3 is 3. The molecule has 0 amide bonds. The van der Waals surface area contributed by atoms with Crippen molar-refractivity contribution in [1.29, 1.82) is 0 Å². The van der Waals surface area contributed by atoms with Crippen LogP contribution < -0.4 is 4.74 Å². The third-order valence-corrected chi connectivity index (χ3v) is 6.49. The average molecular weight is 359 g/mol. The van der Waals surface area contributed by atoms with Crippen LogP contribution in [-0.4, -0.2) is 56.8 Å². The second-order valence-corrected chi connectivity index (χ2v) is 7.49. The van der Waals surface area contributed by atoms with Crippen molar-refractivity contribution in [3.63, 3.8) is 0 Å². The number of phenolic OH excluding ortho intramolecular Hbond substituents is 1. The molecule has 0 unspecified atom stereocenters. The molecule has 4 rings (SSSR count). The number of ketones is 1. The Kier molecular flexibility index (Phi) is 3.91. The summed E-state index contributed by atoms with van der Waals surface area (Å²) in [6.45, 7) is 0.865. The zero-order valence-corrected chi connectivity index (χ0v) is 15.7. The Bertz CT molecular complexity index is 802. The van der Waals surface area contributed by atoms with Crippen LogP contribution in [0.25, 0.3) is 0 Å². The SMILES string of the molecule is COC1=C(OC)[C@H]2[C@H]3Cc4ccc(OC)c(O)c4[C@]2(CCN3C)CC1=O. The summed E-state index contributed by atoms with van der Waals surface area (Å²) in [4.78, 5) is 15.2. The first kappa shape index (κ1) is 17.2. The van der Waals surface area contributed by atoms with Gasteiger partial charge in [-0.2, -0.15) is 0 Å². The van der Waals surface area contributed by atoms with E-state index in [9.17, 15) is 9.90 Å². The predicted octanol–water partition coefficient (Wildman–Crippen LogP) is 1.99. The molecule has 26 heavy (non-hydrogen) atoms. The highest BCUT2D eigenvalue weighted by molar-refractivity contribution is 5.96. The van der Waals surface area contributed by atoms with Crippen LogP contribution in [0.3, 0.4) is 0 Å². The number of nitrogens with zero attached hydrogens (tertiary/aromatic N) is 1. The van der Waals surface area contributed by atoms with Crippen molar-refractivity contribution in [2.75, 3.05) is 34.9 Å². The molecule has 1 fully saturated rings. The molecule has 0 saturated carbocycles. The smallest absolute Gasteiger partial charge is 0.201 e. The lowest BCUT2D eigenvalue weighted by Gasteiger charge is -2.57. The van der Waals surface area contributed by atoms with Crippen LogP contribution in [0.5, 0.6) is 11.5 Å². The largest absolute Gasteiger partial charge is 0.504 e.